The lowest BCUT2D eigenvalue weighted by Crippen LogP contribution is -2.13. The van der Waals surface area contributed by atoms with E-state index < -0.39 is 0 Å². The molecule has 0 unspecified atom stereocenters. The third-order valence-corrected chi connectivity index (χ3v) is 3.11. The van der Waals surface area contributed by atoms with Gasteiger partial charge in [-0.25, -0.2) is 0 Å². The molecule has 0 aliphatic heterocycles. The fourth-order valence-electron chi connectivity index (χ4n) is 1.94. The molecule has 0 heterocycles. The normalized spacial score (nSPS) is 10.2. The van der Waals surface area contributed by atoms with E-state index in [0.29, 0.717) is 12.1 Å². The average Bonchev–Trinajstić information content (AvgIpc) is 2.49. The van der Waals surface area contributed by atoms with E-state index in [0.717, 1.165) is 22.6 Å². The van der Waals surface area contributed by atoms with Crippen molar-refractivity contribution < 1.29 is 9.53 Å². The first-order chi connectivity index (χ1) is 9.63. The van der Waals surface area contributed by atoms with Gasteiger partial charge < -0.3 is 15.8 Å². The number of hydrogen-bond donors (Lipinski definition) is 2. The summed E-state index contributed by atoms with van der Waals surface area (Å²) in [6, 6.07) is 12.8. The molecule has 0 aliphatic rings. The summed E-state index contributed by atoms with van der Waals surface area (Å²) < 4.78 is 5.14. The summed E-state index contributed by atoms with van der Waals surface area (Å²) in [6.45, 7) is 2.34. The number of nitrogens with two attached hydrogens (primary N) is 1. The molecule has 0 fully saturated rings. The van der Waals surface area contributed by atoms with E-state index in [9.17, 15) is 4.79 Å². The standard InChI is InChI=1S/C16H18N2O2/c1-11-8-14(20-2)6-7-15(11)18-16(19)13-5-3-4-12(9-13)10-17/h3-9H,10,17H2,1-2H3,(H,18,19). The molecular weight excluding hydrogens is 252 g/mol. The van der Waals surface area contributed by atoms with Crippen molar-refractivity contribution in [2.45, 2.75) is 13.5 Å². The Morgan fingerprint density at radius 2 is 2.05 bits per heavy atom. The predicted octanol–water partition coefficient (Wildman–Crippen LogP) is 2.71. The number of benzene rings is 2. The van der Waals surface area contributed by atoms with Gasteiger partial charge in [-0.2, -0.15) is 0 Å². The number of nitrogens with one attached hydrogen (secondary N) is 1. The Morgan fingerprint density at radius 1 is 1.25 bits per heavy atom. The molecule has 2 aromatic carbocycles. The highest BCUT2D eigenvalue weighted by atomic mass is 16.5. The van der Waals surface area contributed by atoms with Crippen LogP contribution in [0.1, 0.15) is 21.5 Å². The summed E-state index contributed by atoms with van der Waals surface area (Å²) in [5.41, 5.74) is 8.84. The van der Waals surface area contributed by atoms with Crippen molar-refractivity contribution >= 4 is 11.6 Å². The van der Waals surface area contributed by atoms with Crippen LogP contribution in [0.3, 0.4) is 0 Å². The van der Waals surface area contributed by atoms with Crippen LogP contribution in [0.15, 0.2) is 42.5 Å². The molecule has 20 heavy (non-hydrogen) atoms. The van der Waals surface area contributed by atoms with Crippen molar-refractivity contribution in [2.75, 3.05) is 12.4 Å². The number of anilines is 1. The van der Waals surface area contributed by atoms with Crippen molar-refractivity contribution in [2.24, 2.45) is 5.73 Å². The van der Waals surface area contributed by atoms with Crippen LogP contribution < -0.4 is 15.8 Å². The zero-order valence-electron chi connectivity index (χ0n) is 11.6. The van der Waals surface area contributed by atoms with Gasteiger partial charge in [-0.15, -0.1) is 0 Å². The maximum absolute atomic E-state index is 12.2. The first-order valence-electron chi connectivity index (χ1n) is 6.39. The Morgan fingerprint density at radius 3 is 2.70 bits per heavy atom. The van der Waals surface area contributed by atoms with E-state index in [2.05, 4.69) is 5.32 Å². The van der Waals surface area contributed by atoms with Gasteiger partial charge in [0.05, 0.1) is 7.11 Å². The van der Waals surface area contributed by atoms with E-state index in [-0.39, 0.29) is 5.91 Å². The minimum Gasteiger partial charge on any atom is -0.497 e. The number of carbonyl (C=O) groups excluding carboxylic acids is 1. The number of ether oxygens (including phenoxy) is 1. The van der Waals surface area contributed by atoms with Gasteiger partial charge in [0.25, 0.3) is 5.91 Å². The summed E-state index contributed by atoms with van der Waals surface area (Å²) >= 11 is 0. The molecular formula is C16H18N2O2. The quantitative estimate of drug-likeness (QED) is 0.897. The van der Waals surface area contributed by atoms with Crippen LogP contribution in [-0.4, -0.2) is 13.0 Å². The highest BCUT2D eigenvalue weighted by Gasteiger charge is 2.08. The maximum atomic E-state index is 12.2. The SMILES string of the molecule is COc1ccc(NC(=O)c2cccc(CN)c2)c(C)c1. The van der Waals surface area contributed by atoms with Gasteiger partial charge in [0.15, 0.2) is 0 Å². The number of amides is 1. The van der Waals surface area contributed by atoms with Crippen LogP contribution in [0.4, 0.5) is 5.69 Å². The van der Waals surface area contributed by atoms with Crippen LogP contribution in [0, 0.1) is 6.92 Å². The van der Waals surface area contributed by atoms with Gasteiger partial charge in [-0.05, 0) is 48.4 Å². The molecule has 2 rings (SSSR count). The fraction of sp³-hybridized carbons (Fsp3) is 0.188. The Balaban J connectivity index is 2.18. The Labute approximate surface area is 118 Å². The smallest absolute Gasteiger partial charge is 0.255 e. The van der Waals surface area contributed by atoms with Crippen LogP contribution in [0.2, 0.25) is 0 Å². The van der Waals surface area contributed by atoms with Crippen molar-refractivity contribution in [1.29, 1.82) is 0 Å². The van der Waals surface area contributed by atoms with Gasteiger partial charge in [0, 0.05) is 17.8 Å². The van der Waals surface area contributed by atoms with Gasteiger partial charge in [0.2, 0.25) is 0 Å². The number of aryl methyl sites for hydroxylation is 1. The summed E-state index contributed by atoms with van der Waals surface area (Å²) in [6.07, 6.45) is 0. The lowest BCUT2D eigenvalue weighted by atomic mass is 10.1. The molecule has 0 saturated heterocycles. The zero-order valence-corrected chi connectivity index (χ0v) is 11.6. The Hall–Kier alpha value is -2.33. The highest BCUT2D eigenvalue weighted by Crippen LogP contribution is 2.21. The highest BCUT2D eigenvalue weighted by molar-refractivity contribution is 6.04. The van der Waals surface area contributed by atoms with Gasteiger partial charge >= 0.3 is 0 Å². The van der Waals surface area contributed by atoms with Crippen molar-refractivity contribution in [1.82, 2.24) is 0 Å². The second kappa shape index (κ2) is 6.21. The lowest BCUT2D eigenvalue weighted by Gasteiger charge is -2.10. The Bertz CT molecular complexity index is 624. The molecule has 3 N–H and O–H groups in total. The largest absolute Gasteiger partial charge is 0.497 e. The van der Waals surface area contributed by atoms with E-state index in [1.54, 1.807) is 19.2 Å². The Kier molecular flexibility index (Phi) is 4.38. The topological polar surface area (TPSA) is 64.3 Å². The molecule has 0 aliphatic carbocycles. The first kappa shape index (κ1) is 14.1. The maximum Gasteiger partial charge on any atom is 0.255 e. The summed E-state index contributed by atoms with van der Waals surface area (Å²) in [7, 11) is 1.62. The third-order valence-electron chi connectivity index (χ3n) is 3.11. The second-order valence-corrected chi connectivity index (χ2v) is 4.54. The minimum absolute atomic E-state index is 0.145. The van der Waals surface area contributed by atoms with Crippen LogP contribution in [-0.2, 0) is 6.54 Å². The second-order valence-electron chi connectivity index (χ2n) is 4.54. The molecule has 0 atom stereocenters. The average molecular weight is 270 g/mol. The molecule has 0 spiro atoms. The molecule has 2 aromatic rings. The lowest BCUT2D eigenvalue weighted by molar-refractivity contribution is 0.102. The molecule has 0 radical (unpaired) electrons. The summed E-state index contributed by atoms with van der Waals surface area (Å²) in [4.78, 5) is 12.2. The summed E-state index contributed by atoms with van der Waals surface area (Å²) in [5.74, 6) is 0.624. The van der Waals surface area contributed by atoms with Gasteiger partial charge in [-0.3, -0.25) is 4.79 Å². The number of hydrogen-bond acceptors (Lipinski definition) is 3. The van der Waals surface area contributed by atoms with E-state index >= 15 is 0 Å². The van der Waals surface area contributed by atoms with Crippen LogP contribution in [0.5, 0.6) is 5.75 Å². The number of carbonyl (C=O) groups is 1. The molecule has 104 valence electrons. The molecule has 0 saturated carbocycles. The van der Waals surface area contributed by atoms with Gasteiger partial charge in [-0.1, -0.05) is 12.1 Å². The molecule has 0 aromatic heterocycles. The van der Waals surface area contributed by atoms with E-state index in [1.165, 1.54) is 0 Å². The molecule has 4 heteroatoms. The van der Waals surface area contributed by atoms with Gasteiger partial charge in [0.1, 0.15) is 5.75 Å². The molecule has 1 amide bonds. The van der Waals surface area contributed by atoms with Crippen molar-refractivity contribution in [3.63, 3.8) is 0 Å². The van der Waals surface area contributed by atoms with Crippen LogP contribution in [0.25, 0.3) is 0 Å². The summed E-state index contributed by atoms with van der Waals surface area (Å²) in [5, 5.41) is 2.89. The van der Waals surface area contributed by atoms with Crippen molar-refractivity contribution in [3.05, 3.63) is 59.2 Å². The van der Waals surface area contributed by atoms with Crippen molar-refractivity contribution in [3.8, 4) is 5.75 Å². The molecule has 4 nitrogen and oxygen atoms in total. The fourth-order valence-corrected chi connectivity index (χ4v) is 1.94. The monoisotopic (exact) mass is 270 g/mol. The molecule has 0 bridgehead atoms. The minimum atomic E-state index is -0.145. The third kappa shape index (κ3) is 3.16. The van der Waals surface area contributed by atoms with Crippen LogP contribution >= 0.6 is 0 Å². The number of methoxy groups -OCH3 is 1. The van der Waals surface area contributed by atoms with E-state index in [4.69, 9.17) is 10.5 Å². The number of rotatable bonds is 4. The van der Waals surface area contributed by atoms with E-state index in [1.807, 2.05) is 37.3 Å². The first-order valence-corrected chi connectivity index (χ1v) is 6.39. The zero-order chi connectivity index (χ0) is 14.5. The predicted molar refractivity (Wildman–Crippen MR) is 80.0 cm³/mol.